The molecule has 0 fully saturated rings. The summed E-state index contributed by atoms with van der Waals surface area (Å²) in [5.74, 6) is -1.99. The SMILES string of the molecule is CC(C)[C@H](N)C(=O)N[C@@H](CCCNC(N)=O)C(=O)Nc1ccc(COC(=O)N(C)[C@H](C(=O)N[C@H](O)C(C)C)C(C)C)cc1. The topological polar surface area (TPSA) is 218 Å². The van der Waals surface area contributed by atoms with Crippen LogP contribution in [-0.4, -0.2) is 77.8 Å². The average Bonchev–Trinajstić information content (AvgIpc) is 2.92. The van der Waals surface area contributed by atoms with Gasteiger partial charge in [-0.3, -0.25) is 19.3 Å². The Kier molecular flexibility index (Phi) is 15.5. The number of likely N-dealkylation sites (N-methyl/N-ethyl adjacent to an activating group) is 1. The molecule has 242 valence electrons. The normalized spacial score (nSPS) is 14.0. The predicted molar refractivity (Wildman–Crippen MR) is 162 cm³/mol. The number of rotatable bonds is 16. The summed E-state index contributed by atoms with van der Waals surface area (Å²) in [5.41, 5.74) is 12.1. The summed E-state index contributed by atoms with van der Waals surface area (Å²) >= 11 is 0. The maximum absolute atomic E-state index is 13.0. The number of primary amides is 1. The Morgan fingerprint density at radius 1 is 0.884 bits per heavy atom. The Hall–Kier alpha value is -3.91. The van der Waals surface area contributed by atoms with Crippen LogP contribution in [0.3, 0.4) is 0 Å². The van der Waals surface area contributed by atoms with Crippen molar-refractivity contribution in [3.05, 3.63) is 29.8 Å². The number of nitrogens with two attached hydrogens (primary N) is 2. The molecule has 0 saturated carbocycles. The molecule has 14 heteroatoms. The summed E-state index contributed by atoms with van der Waals surface area (Å²) in [4.78, 5) is 63.1. The minimum Gasteiger partial charge on any atom is -0.445 e. The second kappa shape index (κ2) is 17.9. The highest BCUT2D eigenvalue weighted by Gasteiger charge is 2.32. The molecule has 9 N–H and O–H groups in total. The number of nitrogens with zero attached hydrogens (tertiary/aromatic N) is 1. The summed E-state index contributed by atoms with van der Waals surface area (Å²) in [6.07, 6.45) is -1.14. The van der Waals surface area contributed by atoms with E-state index in [4.69, 9.17) is 16.2 Å². The maximum Gasteiger partial charge on any atom is 0.410 e. The molecule has 0 radical (unpaired) electrons. The summed E-state index contributed by atoms with van der Waals surface area (Å²) < 4.78 is 5.40. The van der Waals surface area contributed by atoms with Gasteiger partial charge in [-0.05, 0) is 48.3 Å². The van der Waals surface area contributed by atoms with Gasteiger partial charge in [-0.25, -0.2) is 9.59 Å². The van der Waals surface area contributed by atoms with Gasteiger partial charge in [0.1, 0.15) is 24.9 Å². The molecule has 1 aromatic rings. The van der Waals surface area contributed by atoms with Crippen LogP contribution in [0.5, 0.6) is 0 Å². The molecule has 1 rings (SSSR count). The summed E-state index contributed by atoms with van der Waals surface area (Å²) in [6.45, 7) is 10.8. The lowest BCUT2D eigenvalue weighted by Crippen LogP contribution is -2.53. The quantitative estimate of drug-likeness (QED) is 0.107. The standard InChI is InChI=1S/C29H49N7O7/c1-16(2)22(30)26(39)34-21(9-8-14-32-28(31)41)25(38)33-20-12-10-19(11-13-20)15-43-29(42)36(7)23(17(3)4)27(40)35-24(37)18(5)6/h10-13,16-18,21-24,37H,8-9,14-15,30H2,1-7H3,(H,33,38)(H,34,39)(H,35,40)(H3,31,32,41)/t21-,22-,23-,24+/m0/s1. The minimum atomic E-state index is -1.04. The van der Waals surface area contributed by atoms with Crippen molar-refractivity contribution < 1.29 is 33.8 Å². The first-order valence-electron chi connectivity index (χ1n) is 14.4. The van der Waals surface area contributed by atoms with E-state index in [1.54, 1.807) is 65.8 Å². The first-order chi connectivity index (χ1) is 20.0. The molecule has 43 heavy (non-hydrogen) atoms. The second-order valence-electron chi connectivity index (χ2n) is 11.5. The molecule has 1 aromatic carbocycles. The Morgan fingerprint density at radius 2 is 1.49 bits per heavy atom. The van der Waals surface area contributed by atoms with E-state index in [1.807, 2.05) is 0 Å². The number of amides is 6. The van der Waals surface area contributed by atoms with Crippen LogP contribution >= 0.6 is 0 Å². The molecule has 0 heterocycles. The monoisotopic (exact) mass is 607 g/mol. The summed E-state index contributed by atoms with van der Waals surface area (Å²) in [6, 6.07) is 3.32. The van der Waals surface area contributed by atoms with Crippen molar-refractivity contribution in [2.24, 2.45) is 29.2 Å². The number of hydrogen-bond donors (Lipinski definition) is 7. The zero-order valence-electron chi connectivity index (χ0n) is 26.2. The Morgan fingerprint density at radius 3 is 2.00 bits per heavy atom. The Balaban J connectivity index is 2.82. The van der Waals surface area contributed by atoms with Crippen LogP contribution in [0.25, 0.3) is 0 Å². The van der Waals surface area contributed by atoms with Crippen molar-refractivity contribution in [2.45, 2.75) is 85.3 Å². The fourth-order valence-electron chi connectivity index (χ4n) is 3.96. The number of aliphatic hydroxyl groups excluding tert-OH is 1. The molecule has 0 saturated heterocycles. The molecule has 4 atom stereocenters. The van der Waals surface area contributed by atoms with Gasteiger partial charge in [0.15, 0.2) is 0 Å². The molecule has 0 unspecified atom stereocenters. The van der Waals surface area contributed by atoms with E-state index in [1.165, 1.54) is 11.9 Å². The lowest BCUT2D eigenvalue weighted by molar-refractivity contribution is -0.131. The fourth-order valence-corrected chi connectivity index (χ4v) is 3.96. The number of aliphatic hydroxyl groups is 1. The van der Waals surface area contributed by atoms with Crippen molar-refractivity contribution in [1.82, 2.24) is 20.9 Å². The van der Waals surface area contributed by atoms with Gasteiger partial charge in [0.05, 0.1) is 6.04 Å². The fraction of sp³-hybridized carbons (Fsp3) is 0.621. The largest absolute Gasteiger partial charge is 0.445 e. The number of benzene rings is 1. The number of anilines is 1. The third-order valence-corrected chi connectivity index (χ3v) is 6.73. The van der Waals surface area contributed by atoms with Crippen LogP contribution in [0.2, 0.25) is 0 Å². The van der Waals surface area contributed by atoms with Gasteiger partial charge >= 0.3 is 12.1 Å². The molecule has 14 nitrogen and oxygen atoms in total. The van der Waals surface area contributed by atoms with E-state index in [0.29, 0.717) is 17.7 Å². The van der Waals surface area contributed by atoms with Gasteiger partial charge in [0, 0.05) is 19.3 Å². The van der Waals surface area contributed by atoms with Gasteiger partial charge < -0.3 is 42.6 Å². The third-order valence-electron chi connectivity index (χ3n) is 6.73. The first kappa shape index (κ1) is 37.1. The van der Waals surface area contributed by atoms with Crippen LogP contribution < -0.4 is 32.7 Å². The highest BCUT2D eigenvalue weighted by molar-refractivity contribution is 5.97. The van der Waals surface area contributed by atoms with Crippen molar-refractivity contribution in [3.8, 4) is 0 Å². The van der Waals surface area contributed by atoms with Gasteiger partial charge in [-0.15, -0.1) is 0 Å². The zero-order chi connectivity index (χ0) is 32.9. The molecule has 0 aliphatic heterocycles. The van der Waals surface area contributed by atoms with Crippen LogP contribution in [0.1, 0.15) is 59.9 Å². The van der Waals surface area contributed by atoms with E-state index >= 15 is 0 Å². The number of carbonyl (C=O) groups is 5. The molecule has 0 bridgehead atoms. The van der Waals surface area contributed by atoms with Gasteiger partial charge in [0.2, 0.25) is 17.7 Å². The van der Waals surface area contributed by atoms with Crippen molar-refractivity contribution >= 4 is 35.5 Å². The average molecular weight is 608 g/mol. The van der Waals surface area contributed by atoms with Gasteiger partial charge in [0.25, 0.3) is 0 Å². The van der Waals surface area contributed by atoms with E-state index in [9.17, 15) is 29.1 Å². The molecule has 6 amide bonds. The van der Waals surface area contributed by atoms with Gasteiger partial charge in [-0.2, -0.15) is 0 Å². The van der Waals surface area contributed by atoms with Gasteiger partial charge in [-0.1, -0.05) is 53.7 Å². The minimum absolute atomic E-state index is 0.0862. The summed E-state index contributed by atoms with van der Waals surface area (Å²) in [5, 5.41) is 20.4. The van der Waals surface area contributed by atoms with Crippen molar-refractivity contribution in [1.29, 1.82) is 0 Å². The van der Waals surface area contributed by atoms with E-state index in [0.717, 1.165) is 0 Å². The van der Waals surface area contributed by atoms with Crippen molar-refractivity contribution in [2.75, 3.05) is 18.9 Å². The highest BCUT2D eigenvalue weighted by Crippen LogP contribution is 2.15. The van der Waals surface area contributed by atoms with Crippen LogP contribution in [0.4, 0.5) is 15.3 Å². The lowest BCUT2D eigenvalue weighted by atomic mass is 10.0. The van der Waals surface area contributed by atoms with E-state index in [2.05, 4.69) is 21.3 Å². The Labute approximate surface area is 253 Å². The molecule has 0 spiro atoms. The molecular formula is C29H49N7O7. The lowest BCUT2D eigenvalue weighted by Gasteiger charge is -2.30. The molecule has 0 aliphatic carbocycles. The maximum atomic E-state index is 13.0. The van der Waals surface area contributed by atoms with Crippen molar-refractivity contribution in [3.63, 3.8) is 0 Å². The molecular weight excluding hydrogens is 558 g/mol. The second-order valence-corrected chi connectivity index (χ2v) is 11.5. The van der Waals surface area contributed by atoms with Crippen LogP contribution in [0, 0.1) is 17.8 Å². The Bertz CT molecular complexity index is 1080. The molecule has 0 aromatic heterocycles. The van der Waals surface area contributed by atoms with Crippen LogP contribution in [-0.2, 0) is 25.7 Å². The molecule has 0 aliphatic rings. The number of urea groups is 1. The van der Waals surface area contributed by atoms with E-state index in [-0.39, 0.29) is 37.3 Å². The van der Waals surface area contributed by atoms with E-state index < -0.39 is 54.2 Å². The first-order valence-corrected chi connectivity index (χ1v) is 14.4. The number of nitrogens with one attached hydrogen (secondary N) is 4. The highest BCUT2D eigenvalue weighted by atomic mass is 16.6. The number of ether oxygens (including phenoxy) is 1. The summed E-state index contributed by atoms with van der Waals surface area (Å²) in [7, 11) is 1.46. The van der Waals surface area contributed by atoms with Crippen LogP contribution in [0.15, 0.2) is 24.3 Å². The number of hydrogen-bond acceptors (Lipinski definition) is 8. The third kappa shape index (κ3) is 12.9. The number of carbonyl (C=O) groups excluding carboxylic acids is 5. The predicted octanol–water partition coefficient (Wildman–Crippen LogP) is 1.23. The smallest absolute Gasteiger partial charge is 0.410 e. The zero-order valence-corrected chi connectivity index (χ0v) is 26.2.